The highest BCUT2D eigenvalue weighted by molar-refractivity contribution is 5.86. The van der Waals surface area contributed by atoms with Crippen molar-refractivity contribution in [2.75, 3.05) is 0 Å². The molecule has 144 valence electrons. The van der Waals surface area contributed by atoms with Gasteiger partial charge < -0.3 is 10.1 Å². The van der Waals surface area contributed by atoms with Crippen molar-refractivity contribution >= 4 is 12.0 Å². The zero-order valence-electron chi connectivity index (χ0n) is 16.5. The monoisotopic (exact) mass is 362 g/mol. The first-order chi connectivity index (χ1) is 11.9. The van der Waals surface area contributed by atoms with Gasteiger partial charge in [-0.1, -0.05) is 45.0 Å². The van der Waals surface area contributed by atoms with E-state index in [1.807, 2.05) is 45.0 Å². The Bertz CT molecular complexity index is 673. The summed E-state index contributed by atoms with van der Waals surface area (Å²) in [6.07, 6.45) is 0.793. The van der Waals surface area contributed by atoms with Crippen LogP contribution in [0.3, 0.4) is 0 Å². The SMILES string of the molecule is CC(C)(C)OC(=O)NC(C(=O)N(O)C1CCc2ccccc21)C(C)(C)C. The molecule has 2 rings (SSSR count). The molecule has 6 heteroatoms. The van der Waals surface area contributed by atoms with Crippen LogP contribution in [0.1, 0.15) is 65.1 Å². The molecule has 2 N–H and O–H groups in total. The maximum Gasteiger partial charge on any atom is 0.408 e. The first-order valence-electron chi connectivity index (χ1n) is 8.99. The standard InChI is InChI=1S/C20H30N2O4/c1-19(2,3)16(21-18(24)26-20(4,5)6)17(23)22(25)15-12-11-13-9-7-8-10-14(13)15/h7-10,15-16,25H,11-12H2,1-6H3,(H,21,24). The molecule has 26 heavy (non-hydrogen) atoms. The van der Waals surface area contributed by atoms with Crippen LogP contribution < -0.4 is 5.32 Å². The van der Waals surface area contributed by atoms with E-state index < -0.39 is 35.1 Å². The molecule has 6 nitrogen and oxygen atoms in total. The lowest BCUT2D eigenvalue weighted by atomic mass is 9.86. The fourth-order valence-electron chi connectivity index (χ4n) is 3.15. The summed E-state index contributed by atoms with van der Waals surface area (Å²) in [7, 11) is 0. The van der Waals surface area contributed by atoms with Crippen molar-refractivity contribution in [2.45, 2.75) is 72.1 Å². The number of carbonyl (C=O) groups excluding carboxylic acids is 2. The molecule has 0 radical (unpaired) electrons. The van der Waals surface area contributed by atoms with E-state index in [0.717, 1.165) is 22.6 Å². The number of amides is 2. The number of benzene rings is 1. The van der Waals surface area contributed by atoms with E-state index in [1.165, 1.54) is 0 Å². The third-order valence-corrected chi connectivity index (χ3v) is 4.40. The Morgan fingerprint density at radius 3 is 2.38 bits per heavy atom. The third-order valence-electron chi connectivity index (χ3n) is 4.40. The summed E-state index contributed by atoms with van der Waals surface area (Å²) in [5.74, 6) is -0.537. The van der Waals surface area contributed by atoms with Crippen LogP contribution in [0.15, 0.2) is 24.3 Å². The second-order valence-electron chi connectivity index (χ2n) is 8.88. The molecule has 0 spiro atoms. The maximum absolute atomic E-state index is 13.0. The quantitative estimate of drug-likeness (QED) is 0.633. The summed E-state index contributed by atoms with van der Waals surface area (Å²) in [5, 5.41) is 14.0. The van der Waals surface area contributed by atoms with E-state index >= 15 is 0 Å². The van der Waals surface area contributed by atoms with Gasteiger partial charge in [0, 0.05) is 0 Å². The van der Waals surface area contributed by atoms with Crippen molar-refractivity contribution in [3.63, 3.8) is 0 Å². The highest BCUT2D eigenvalue weighted by Gasteiger charge is 2.40. The number of ether oxygens (including phenoxy) is 1. The second-order valence-corrected chi connectivity index (χ2v) is 8.88. The van der Waals surface area contributed by atoms with Crippen LogP contribution in [0.4, 0.5) is 4.79 Å². The lowest BCUT2D eigenvalue weighted by molar-refractivity contribution is -0.181. The van der Waals surface area contributed by atoms with Crippen LogP contribution in [0, 0.1) is 5.41 Å². The summed E-state index contributed by atoms with van der Waals surface area (Å²) >= 11 is 0. The zero-order chi connectivity index (χ0) is 19.7. The molecular weight excluding hydrogens is 332 g/mol. The number of alkyl carbamates (subject to hydrolysis) is 1. The van der Waals surface area contributed by atoms with Gasteiger partial charge in [-0.15, -0.1) is 0 Å². The van der Waals surface area contributed by atoms with Gasteiger partial charge in [0.15, 0.2) is 0 Å². The van der Waals surface area contributed by atoms with Gasteiger partial charge in [0.25, 0.3) is 5.91 Å². The van der Waals surface area contributed by atoms with Crippen molar-refractivity contribution in [1.29, 1.82) is 0 Å². The number of aryl methyl sites for hydroxylation is 1. The molecule has 2 atom stereocenters. The van der Waals surface area contributed by atoms with Gasteiger partial charge >= 0.3 is 6.09 Å². The van der Waals surface area contributed by atoms with Crippen LogP contribution in [0.25, 0.3) is 0 Å². The summed E-state index contributed by atoms with van der Waals surface area (Å²) in [6.45, 7) is 10.8. The van der Waals surface area contributed by atoms with Crippen LogP contribution in [-0.2, 0) is 16.0 Å². The lowest BCUT2D eigenvalue weighted by Crippen LogP contribution is -2.55. The molecular formula is C20H30N2O4. The van der Waals surface area contributed by atoms with Gasteiger partial charge in [-0.25, -0.2) is 9.86 Å². The molecule has 1 aliphatic rings. The smallest absolute Gasteiger partial charge is 0.408 e. The molecule has 0 saturated carbocycles. The molecule has 0 aliphatic heterocycles. The normalized spacial score (nSPS) is 18.0. The maximum atomic E-state index is 13.0. The first kappa shape index (κ1) is 20.2. The molecule has 0 bridgehead atoms. The van der Waals surface area contributed by atoms with Crippen LogP contribution in [0.5, 0.6) is 0 Å². The Morgan fingerprint density at radius 2 is 1.81 bits per heavy atom. The molecule has 1 aromatic rings. The van der Waals surface area contributed by atoms with Crippen molar-refractivity contribution in [2.24, 2.45) is 5.41 Å². The number of nitrogens with zero attached hydrogens (tertiary/aromatic N) is 1. The Labute approximate surface area is 155 Å². The molecule has 1 aromatic carbocycles. The molecule has 1 aliphatic carbocycles. The van der Waals surface area contributed by atoms with E-state index in [4.69, 9.17) is 4.74 Å². The Morgan fingerprint density at radius 1 is 1.19 bits per heavy atom. The predicted molar refractivity (Wildman–Crippen MR) is 98.7 cm³/mol. The third kappa shape index (κ3) is 4.75. The Balaban J connectivity index is 2.18. The van der Waals surface area contributed by atoms with Gasteiger partial charge in [-0.3, -0.25) is 10.0 Å². The van der Waals surface area contributed by atoms with Gasteiger partial charge in [-0.2, -0.15) is 0 Å². The number of hydroxylamine groups is 2. The number of fused-ring (bicyclic) bond motifs is 1. The van der Waals surface area contributed by atoms with Crippen molar-refractivity contribution < 1.29 is 19.5 Å². The van der Waals surface area contributed by atoms with Crippen molar-refractivity contribution in [3.8, 4) is 0 Å². The minimum Gasteiger partial charge on any atom is -0.444 e. The average Bonchev–Trinajstić information content (AvgIpc) is 2.92. The summed E-state index contributed by atoms with van der Waals surface area (Å²) < 4.78 is 5.27. The minimum absolute atomic E-state index is 0.399. The second kappa shape index (κ2) is 7.27. The summed E-state index contributed by atoms with van der Waals surface area (Å²) in [5.41, 5.74) is 0.830. The highest BCUT2D eigenvalue weighted by atomic mass is 16.6. The topological polar surface area (TPSA) is 78.9 Å². The van der Waals surface area contributed by atoms with E-state index in [1.54, 1.807) is 20.8 Å². The van der Waals surface area contributed by atoms with Gasteiger partial charge in [0.1, 0.15) is 11.6 Å². The van der Waals surface area contributed by atoms with Gasteiger partial charge in [0.05, 0.1) is 6.04 Å². The van der Waals surface area contributed by atoms with Gasteiger partial charge in [-0.05, 0) is 50.2 Å². The predicted octanol–water partition coefficient (Wildman–Crippen LogP) is 3.83. The largest absolute Gasteiger partial charge is 0.444 e. The molecule has 2 unspecified atom stereocenters. The van der Waals surface area contributed by atoms with Crippen LogP contribution >= 0.6 is 0 Å². The van der Waals surface area contributed by atoms with Crippen molar-refractivity contribution in [1.82, 2.24) is 10.4 Å². The fraction of sp³-hybridized carbons (Fsp3) is 0.600. The van der Waals surface area contributed by atoms with E-state index in [2.05, 4.69) is 5.32 Å². The van der Waals surface area contributed by atoms with E-state index in [9.17, 15) is 14.8 Å². The highest BCUT2D eigenvalue weighted by Crippen LogP contribution is 2.36. The fourth-order valence-corrected chi connectivity index (χ4v) is 3.15. The Hall–Kier alpha value is -2.08. The van der Waals surface area contributed by atoms with Gasteiger partial charge in [0.2, 0.25) is 0 Å². The zero-order valence-corrected chi connectivity index (χ0v) is 16.5. The minimum atomic E-state index is -0.907. The van der Waals surface area contributed by atoms with E-state index in [0.29, 0.717) is 6.42 Å². The molecule has 0 fully saturated rings. The Kier molecular flexibility index (Phi) is 5.66. The number of hydrogen-bond donors (Lipinski definition) is 2. The number of nitrogens with one attached hydrogen (secondary N) is 1. The number of hydrogen-bond acceptors (Lipinski definition) is 4. The first-order valence-corrected chi connectivity index (χ1v) is 8.99. The van der Waals surface area contributed by atoms with Crippen LogP contribution in [-0.4, -0.2) is 33.9 Å². The average molecular weight is 362 g/mol. The van der Waals surface area contributed by atoms with Crippen molar-refractivity contribution in [3.05, 3.63) is 35.4 Å². The molecule has 0 heterocycles. The molecule has 0 aromatic heterocycles. The molecule has 2 amide bonds. The lowest BCUT2D eigenvalue weighted by Gasteiger charge is -2.35. The summed E-state index contributed by atoms with van der Waals surface area (Å²) in [6, 6.07) is 6.48. The number of rotatable bonds is 3. The van der Waals surface area contributed by atoms with Crippen LogP contribution in [0.2, 0.25) is 0 Å². The number of carbonyl (C=O) groups is 2. The summed E-state index contributed by atoms with van der Waals surface area (Å²) in [4.78, 5) is 25.2. The van der Waals surface area contributed by atoms with E-state index in [-0.39, 0.29) is 0 Å². The molecule has 0 saturated heterocycles.